The van der Waals surface area contributed by atoms with Crippen LogP contribution in [0.15, 0.2) is 40.4 Å². The molecular formula is C14H13ClN4O5S. The van der Waals surface area contributed by atoms with E-state index in [4.69, 9.17) is 27.8 Å². The lowest BCUT2D eigenvalue weighted by atomic mass is 10.2. The average Bonchev–Trinajstić information content (AvgIpc) is 2.49. The number of amides is 1. The van der Waals surface area contributed by atoms with E-state index >= 15 is 0 Å². The molecule has 2 rings (SSSR count). The van der Waals surface area contributed by atoms with Crippen LogP contribution >= 0.6 is 11.6 Å². The Balaban J connectivity index is 2.53. The molecule has 9 nitrogen and oxygen atoms in total. The highest BCUT2D eigenvalue weighted by molar-refractivity contribution is 7.90. The molecule has 1 amide bonds. The van der Waals surface area contributed by atoms with E-state index in [0.717, 1.165) is 12.3 Å². The molecule has 0 aliphatic carbocycles. The average molecular weight is 385 g/mol. The Bertz CT molecular complexity index is 971. The van der Waals surface area contributed by atoms with Crippen molar-refractivity contribution in [3.8, 4) is 17.4 Å². The van der Waals surface area contributed by atoms with E-state index < -0.39 is 27.6 Å². The van der Waals surface area contributed by atoms with Crippen molar-refractivity contribution in [3.63, 3.8) is 0 Å². The van der Waals surface area contributed by atoms with Crippen molar-refractivity contribution in [3.05, 3.63) is 41.0 Å². The number of rotatable bonds is 4. The smallest absolute Gasteiger partial charge is 0.280 e. The van der Waals surface area contributed by atoms with Gasteiger partial charge in [0.2, 0.25) is 0 Å². The molecule has 0 aliphatic heterocycles. The summed E-state index contributed by atoms with van der Waals surface area (Å²) < 4.78 is 29.4. The summed E-state index contributed by atoms with van der Waals surface area (Å²) in [5, 5.41) is 9.86. The predicted molar refractivity (Wildman–Crippen MR) is 90.7 cm³/mol. The minimum atomic E-state index is -3.78. The van der Waals surface area contributed by atoms with Gasteiger partial charge in [-0.3, -0.25) is 4.79 Å². The van der Waals surface area contributed by atoms with E-state index in [1.165, 1.54) is 24.4 Å². The number of halogens is 1. The lowest BCUT2D eigenvalue weighted by molar-refractivity contribution is 0.100. The summed E-state index contributed by atoms with van der Waals surface area (Å²) in [5.74, 6) is -2.04. The molecular weight excluding hydrogens is 372 g/mol. The maximum atomic E-state index is 12.0. The number of guanidine groups is 1. The summed E-state index contributed by atoms with van der Waals surface area (Å²) >= 11 is 5.77. The van der Waals surface area contributed by atoms with Crippen LogP contribution in [0.5, 0.6) is 17.4 Å². The fourth-order valence-corrected chi connectivity index (χ4v) is 2.77. The number of carbonyl (C=O) groups is 1. The van der Waals surface area contributed by atoms with Gasteiger partial charge in [-0.15, -0.1) is 0 Å². The zero-order chi connectivity index (χ0) is 18.8. The Morgan fingerprint density at radius 2 is 1.96 bits per heavy atom. The second-order valence-corrected chi connectivity index (χ2v) is 7.27. The molecule has 0 spiro atoms. The Morgan fingerprint density at radius 1 is 1.28 bits per heavy atom. The number of aromatic hydroxyl groups is 1. The lowest BCUT2D eigenvalue weighted by Crippen LogP contribution is -2.24. The third-order valence-electron chi connectivity index (χ3n) is 2.84. The summed E-state index contributed by atoms with van der Waals surface area (Å²) in [6, 6.07) is 4.82. The maximum Gasteiger partial charge on any atom is 0.280 e. The van der Waals surface area contributed by atoms with E-state index in [1.807, 2.05) is 0 Å². The highest BCUT2D eigenvalue weighted by Crippen LogP contribution is 2.35. The molecule has 0 atom stereocenters. The van der Waals surface area contributed by atoms with Gasteiger partial charge in [0.1, 0.15) is 10.6 Å². The zero-order valence-electron chi connectivity index (χ0n) is 12.8. The predicted octanol–water partition coefficient (Wildman–Crippen LogP) is 1.05. The van der Waals surface area contributed by atoms with Crippen molar-refractivity contribution in [1.29, 1.82) is 0 Å². The van der Waals surface area contributed by atoms with Crippen LogP contribution in [0.4, 0.5) is 0 Å². The van der Waals surface area contributed by atoms with E-state index in [1.54, 1.807) is 0 Å². The molecule has 1 aromatic carbocycles. The quantitative estimate of drug-likeness (QED) is 0.521. The number of ether oxygens (including phenoxy) is 1. The van der Waals surface area contributed by atoms with Crippen LogP contribution in [0.25, 0.3) is 0 Å². The molecule has 0 saturated heterocycles. The molecule has 5 N–H and O–H groups in total. The molecule has 0 aliphatic rings. The number of benzene rings is 1. The van der Waals surface area contributed by atoms with Crippen molar-refractivity contribution in [2.75, 3.05) is 6.26 Å². The third kappa shape index (κ3) is 4.58. The van der Waals surface area contributed by atoms with Crippen LogP contribution in [0.1, 0.15) is 10.4 Å². The number of nitrogens with two attached hydrogens (primary N) is 2. The van der Waals surface area contributed by atoms with E-state index in [-0.39, 0.29) is 27.0 Å². The van der Waals surface area contributed by atoms with Gasteiger partial charge in [0.05, 0.1) is 5.02 Å². The molecule has 0 unspecified atom stereocenters. The Morgan fingerprint density at radius 3 is 2.56 bits per heavy atom. The van der Waals surface area contributed by atoms with Gasteiger partial charge in [0, 0.05) is 24.1 Å². The number of pyridine rings is 1. The molecule has 11 heteroatoms. The molecule has 132 valence electrons. The minimum Gasteiger partial charge on any atom is -0.491 e. The number of aliphatic imine (C=N–C) groups is 1. The van der Waals surface area contributed by atoms with Crippen LogP contribution < -0.4 is 16.2 Å². The van der Waals surface area contributed by atoms with Gasteiger partial charge in [0.15, 0.2) is 21.5 Å². The number of carbonyl (C=O) groups excluding carboxylic acids is 1. The Kier molecular flexibility index (Phi) is 5.14. The molecule has 0 fully saturated rings. The van der Waals surface area contributed by atoms with Gasteiger partial charge in [-0.2, -0.15) is 4.99 Å². The van der Waals surface area contributed by atoms with Crippen molar-refractivity contribution >= 4 is 33.3 Å². The first-order valence-corrected chi connectivity index (χ1v) is 8.85. The van der Waals surface area contributed by atoms with Crippen molar-refractivity contribution in [2.24, 2.45) is 16.5 Å². The van der Waals surface area contributed by atoms with Gasteiger partial charge < -0.3 is 21.3 Å². The summed E-state index contributed by atoms with van der Waals surface area (Å²) in [4.78, 5) is 18.5. The molecule has 1 aromatic heterocycles. The van der Waals surface area contributed by atoms with Gasteiger partial charge in [0.25, 0.3) is 11.8 Å². The third-order valence-corrected chi connectivity index (χ3v) is 4.16. The van der Waals surface area contributed by atoms with Gasteiger partial charge >= 0.3 is 0 Å². The summed E-state index contributed by atoms with van der Waals surface area (Å²) in [5.41, 5.74) is 10.2. The normalized spacial score (nSPS) is 11.0. The number of hydrogen-bond donors (Lipinski definition) is 3. The first kappa shape index (κ1) is 18.5. The van der Waals surface area contributed by atoms with Crippen LogP contribution in [-0.2, 0) is 9.84 Å². The van der Waals surface area contributed by atoms with Crippen LogP contribution in [0.2, 0.25) is 5.02 Å². The standard InChI is InChI=1S/C14H13ClN4O5S/c1-25(22,23)11-4-7(12(20)19-14(16)17)2-3-9(11)24-10-5-8(15)6-18-13(10)21/h2-6H,1H3,(H,18,21)(H4,16,17,19,20). The SMILES string of the molecule is CS(=O)(=O)c1cc(C(=O)N=C(N)N)ccc1Oc1cc(Cl)cnc1O. The maximum absolute atomic E-state index is 12.0. The fourth-order valence-electron chi connectivity index (χ4n) is 1.80. The molecule has 2 aromatic rings. The second-order valence-electron chi connectivity index (χ2n) is 4.85. The summed E-state index contributed by atoms with van der Waals surface area (Å²) in [7, 11) is -3.78. The monoisotopic (exact) mass is 384 g/mol. The molecule has 0 radical (unpaired) electrons. The van der Waals surface area contributed by atoms with Gasteiger partial charge in [-0.05, 0) is 18.2 Å². The second kappa shape index (κ2) is 6.95. The zero-order valence-corrected chi connectivity index (χ0v) is 14.4. The van der Waals surface area contributed by atoms with E-state index in [9.17, 15) is 18.3 Å². The van der Waals surface area contributed by atoms with Crippen molar-refractivity contribution < 1.29 is 23.1 Å². The van der Waals surface area contributed by atoms with Crippen molar-refractivity contribution in [1.82, 2.24) is 4.98 Å². The molecule has 0 bridgehead atoms. The lowest BCUT2D eigenvalue weighted by Gasteiger charge is -2.12. The Hall–Kier alpha value is -2.85. The van der Waals surface area contributed by atoms with Crippen molar-refractivity contribution in [2.45, 2.75) is 4.90 Å². The van der Waals surface area contributed by atoms with Crippen LogP contribution in [0.3, 0.4) is 0 Å². The summed E-state index contributed by atoms with van der Waals surface area (Å²) in [6.07, 6.45) is 2.12. The first-order valence-electron chi connectivity index (χ1n) is 6.58. The van der Waals surface area contributed by atoms with Gasteiger partial charge in [-0.1, -0.05) is 11.6 Å². The molecule has 25 heavy (non-hydrogen) atoms. The van der Waals surface area contributed by atoms with Gasteiger partial charge in [-0.25, -0.2) is 13.4 Å². The molecule has 1 heterocycles. The van der Waals surface area contributed by atoms with E-state index in [2.05, 4.69) is 9.98 Å². The number of sulfone groups is 1. The highest BCUT2D eigenvalue weighted by Gasteiger charge is 2.20. The number of aromatic nitrogens is 1. The molecule has 0 saturated carbocycles. The number of nitrogens with zero attached hydrogens (tertiary/aromatic N) is 2. The summed E-state index contributed by atoms with van der Waals surface area (Å²) in [6.45, 7) is 0. The largest absolute Gasteiger partial charge is 0.491 e. The topological polar surface area (TPSA) is 158 Å². The highest BCUT2D eigenvalue weighted by atomic mass is 35.5. The van der Waals surface area contributed by atoms with E-state index in [0.29, 0.717) is 0 Å². The van der Waals surface area contributed by atoms with Crippen LogP contribution in [-0.4, -0.2) is 36.6 Å². The Labute approximate surface area is 147 Å². The first-order chi connectivity index (χ1) is 11.6. The van der Waals surface area contributed by atoms with Crippen LogP contribution in [0, 0.1) is 0 Å². The fraction of sp³-hybridized carbons (Fsp3) is 0.0714. The minimum absolute atomic E-state index is 0.0605. The number of hydrogen-bond acceptors (Lipinski definition) is 6.